The minimum atomic E-state index is -3.67. The summed E-state index contributed by atoms with van der Waals surface area (Å²) in [4.78, 5) is 16.9. The number of carbonyl (C=O) groups excluding carboxylic acids is 1. The molecule has 0 atom stereocenters. The van der Waals surface area contributed by atoms with Gasteiger partial charge < -0.3 is 9.84 Å². The summed E-state index contributed by atoms with van der Waals surface area (Å²) in [6.07, 6.45) is 2.92. The summed E-state index contributed by atoms with van der Waals surface area (Å²) in [6.45, 7) is 0.510. The summed E-state index contributed by atoms with van der Waals surface area (Å²) in [7, 11) is -3.67. The molecule has 1 aliphatic carbocycles. The second-order valence-corrected chi connectivity index (χ2v) is 11.1. The fourth-order valence-corrected chi connectivity index (χ4v) is 6.46. The van der Waals surface area contributed by atoms with E-state index in [1.165, 1.54) is 28.6 Å². The Kier molecular flexibility index (Phi) is 5.56. The molecule has 1 aliphatic heterocycles. The number of benzene rings is 1. The van der Waals surface area contributed by atoms with Crippen molar-refractivity contribution in [1.82, 2.24) is 14.4 Å². The van der Waals surface area contributed by atoms with Gasteiger partial charge in [0.1, 0.15) is 10.0 Å². The second kappa shape index (κ2) is 8.38. The molecule has 32 heavy (non-hydrogen) atoms. The predicted octanol–water partition coefficient (Wildman–Crippen LogP) is 3.85. The minimum absolute atomic E-state index is 0.185. The summed E-state index contributed by atoms with van der Waals surface area (Å²) in [6, 6.07) is 7.13. The topological polar surface area (TPSA) is 105 Å². The van der Waals surface area contributed by atoms with Gasteiger partial charge in [0.15, 0.2) is 0 Å². The molecule has 0 spiro atoms. The standard InChI is InChI=1S/C21H21FN4O4S2/c22-16-3-5-17(6-4-16)23-20(27)13-7-9-26(10-8-13)32(28,29)18-11-15(12-31-18)19-24-21(30-25-19)14-1-2-14/h3-6,11-14H,1-2,7-10H2,(H,23,27). The number of piperidine rings is 1. The zero-order valence-corrected chi connectivity index (χ0v) is 18.7. The van der Waals surface area contributed by atoms with E-state index >= 15 is 0 Å². The van der Waals surface area contributed by atoms with Crippen molar-refractivity contribution in [1.29, 1.82) is 0 Å². The first-order valence-corrected chi connectivity index (χ1v) is 12.7. The number of nitrogens with zero attached hydrogens (tertiary/aromatic N) is 3. The Balaban J connectivity index is 1.21. The van der Waals surface area contributed by atoms with Gasteiger partial charge in [0.2, 0.25) is 17.6 Å². The van der Waals surface area contributed by atoms with Crippen LogP contribution in [0, 0.1) is 11.7 Å². The Bertz CT molecular complexity index is 1230. The van der Waals surface area contributed by atoms with Crippen LogP contribution in [0.4, 0.5) is 10.1 Å². The van der Waals surface area contributed by atoms with Gasteiger partial charge >= 0.3 is 0 Å². The Morgan fingerprint density at radius 1 is 1.16 bits per heavy atom. The fourth-order valence-electron chi connectivity index (χ4n) is 3.68. The normalized spacial score (nSPS) is 18.0. The Morgan fingerprint density at radius 3 is 2.56 bits per heavy atom. The highest BCUT2D eigenvalue weighted by molar-refractivity contribution is 7.91. The van der Waals surface area contributed by atoms with Crippen molar-refractivity contribution in [3.63, 3.8) is 0 Å². The van der Waals surface area contributed by atoms with Crippen molar-refractivity contribution >= 4 is 33.0 Å². The Morgan fingerprint density at radius 2 is 1.88 bits per heavy atom. The summed E-state index contributed by atoms with van der Waals surface area (Å²) in [5.41, 5.74) is 1.14. The first kappa shape index (κ1) is 21.2. The van der Waals surface area contributed by atoms with E-state index < -0.39 is 10.0 Å². The maximum absolute atomic E-state index is 13.1. The van der Waals surface area contributed by atoms with Crippen LogP contribution in [0.5, 0.6) is 0 Å². The number of aromatic nitrogens is 2. The van der Waals surface area contributed by atoms with Crippen LogP contribution in [0.3, 0.4) is 0 Å². The van der Waals surface area contributed by atoms with Crippen molar-refractivity contribution in [3.05, 3.63) is 47.4 Å². The summed E-state index contributed by atoms with van der Waals surface area (Å²) < 4.78 is 46.1. The molecule has 0 radical (unpaired) electrons. The predicted molar refractivity (Wildman–Crippen MR) is 116 cm³/mol. The monoisotopic (exact) mass is 476 g/mol. The van der Waals surface area contributed by atoms with Gasteiger partial charge in [-0.1, -0.05) is 5.16 Å². The van der Waals surface area contributed by atoms with Crippen LogP contribution in [-0.4, -0.2) is 41.9 Å². The summed E-state index contributed by atoms with van der Waals surface area (Å²) >= 11 is 1.13. The molecule has 1 saturated carbocycles. The summed E-state index contributed by atoms with van der Waals surface area (Å²) in [5.74, 6) is 0.485. The van der Waals surface area contributed by atoms with Crippen molar-refractivity contribution in [3.8, 4) is 11.4 Å². The average Bonchev–Trinajstić information content (AvgIpc) is 3.31. The lowest BCUT2D eigenvalue weighted by atomic mass is 9.97. The number of thiophene rings is 1. The Hall–Kier alpha value is -2.63. The molecule has 0 bridgehead atoms. The number of amides is 1. The Labute approximate surface area is 188 Å². The lowest BCUT2D eigenvalue weighted by Crippen LogP contribution is -2.41. The molecule has 168 valence electrons. The third-order valence-corrected chi connectivity index (χ3v) is 9.05. The highest BCUT2D eigenvalue weighted by atomic mass is 32.2. The molecule has 2 aromatic heterocycles. The van der Waals surface area contributed by atoms with Crippen LogP contribution in [0.2, 0.25) is 0 Å². The third-order valence-electron chi connectivity index (χ3n) is 5.73. The van der Waals surface area contributed by atoms with Gasteiger partial charge in [-0.3, -0.25) is 4.79 Å². The van der Waals surface area contributed by atoms with Crippen molar-refractivity contribution in [2.45, 2.75) is 35.8 Å². The van der Waals surface area contributed by atoms with E-state index in [9.17, 15) is 17.6 Å². The van der Waals surface area contributed by atoms with Gasteiger partial charge in [-0.05, 0) is 56.0 Å². The van der Waals surface area contributed by atoms with Gasteiger partial charge in [-0.15, -0.1) is 11.3 Å². The molecule has 8 nitrogen and oxygen atoms in total. The molecular formula is C21H21FN4O4S2. The largest absolute Gasteiger partial charge is 0.339 e. The third kappa shape index (κ3) is 4.32. The van der Waals surface area contributed by atoms with Crippen LogP contribution in [0.1, 0.15) is 37.5 Å². The number of sulfonamides is 1. The first-order chi connectivity index (χ1) is 15.4. The van der Waals surface area contributed by atoms with Crippen LogP contribution in [0.25, 0.3) is 11.4 Å². The number of hydrogen-bond donors (Lipinski definition) is 1. The zero-order chi connectivity index (χ0) is 22.3. The quantitative estimate of drug-likeness (QED) is 0.579. The minimum Gasteiger partial charge on any atom is -0.339 e. The molecule has 11 heteroatoms. The van der Waals surface area contributed by atoms with Crippen molar-refractivity contribution in [2.24, 2.45) is 5.92 Å². The maximum Gasteiger partial charge on any atom is 0.252 e. The van der Waals surface area contributed by atoms with E-state index in [-0.39, 0.29) is 34.9 Å². The molecule has 1 aromatic carbocycles. The van der Waals surface area contributed by atoms with Crippen LogP contribution < -0.4 is 5.32 Å². The molecular weight excluding hydrogens is 455 g/mol. The van der Waals surface area contributed by atoms with Gasteiger partial charge in [0.05, 0.1) is 0 Å². The molecule has 2 aliphatic rings. The molecule has 5 rings (SSSR count). The van der Waals surface area contributed by atoms with Gasteiger partial charge in [-0.25, -0.2) is 12.8 Å². The molecule has 3 heterocycles. The number of carbonyl (C=O) groups is 1. The van der Waals surface area contributed by atoms with Crippen molar-refractivity contribution < 1.29 is 22.1 Å². The highest BCUT2D eigenvalue weighted by Crippen LogP contribution is 2.40. The molecule has 0 unspecified atom stereocenters. The van der Waals surface area contributed by atoms with Gasteiger partial charge in [0.25, 0.3) is 10.0 Å². The van der Waals surface area contributed by atoms with E-state index in [1.54, 1.807) is 11.4 Å². The van der Waals surface area contributed by atoms with Crippen LogP contribution in [-0.2, 0) is 14.8 Å². The second-order valence-electron chi connectivity index (χ2n) is 8.06. The van der Waals surface area contributed by atoms with Crippen molar-refractivity contribution in [2.75, 3.05) is 18.4 Å². The maximum atomic E-state index is 13.1. The molecule has 2 fully saturated rings. The van der Waals surface area contributed by atoms with Crippen LogP contribution >= 0.6 is 11.3 Å². The molecule has 3 aromatic rings. The van der Waals surface area contributed by atoms with Crippen LogP contribution in [0.15, 0.2) is 44.4 Å². The van der Waals surface area contributed by atoms with E-state index in [4.69, 9.17) is 4.52 Å². The SMILES string of the molecule is O=C(Nc1ccc(F)cc1)C1CCN(S(=O)(=O)c2cc(-c3noc(C4CC4)n3)cs2)CC1. The fraction of sp³-hybridized carbons (Fsp3) is 0.381. The zero-order valence-electron chi connectivity index (χ0n) is 17.0. The summed E-state index contributed by atoms with van der Waals surface area (Å²) in [5, 5.41) is 8.46. The smallest absolute Gasteiger partial charge is 0.252 e. The molecule has 1 N–H and O–H groups in total. The number of halogens is 1. The van der Waals surface area contributed by atoms with E-state index in [0.717, 1.165) is 24.2 Å². The lowest BCUT2D eigenvalue weighted by molar-refractivity contribution is -0.120. The number of rotatable bonds is 6. The highest BCUT2D eigenvalue weighted by Gasteiger charge is 2.34. The van der Waals surface area contributed by atoms with E-state index in [0.29, 0.717) is 41.7 Å². The number of nitrogens with one attached hydrogen (secondary N) is 1. The van der Waals surface area contributed by atoms with E-state index in [2.05, 4.69) is 15.5 Å². The number of anilines is 1. The molecule has 1 saturated heterocycles. The number of hydrogen-bond acceptors (Lipinski definition) is 7. The van der Waals surface area contributed by atoms with Gasteiger partial charge in [0, 0.05) is 41.6 Å². The van der Waals surface area contributed by atoms with E-state index in [1.807, 2.05) is 0 Å². The lowest BCUT2D eigenvalue weighted by Gasteiger charge is -2.30. The first-order valence-electron chi connectivity index (χ1n) is 10.4. The average molecular weight is 477 g/mol. The van der Waals surface area contributed by atoms with Gasteiger partial charge in [-0.2, -0.15) is 9.29 Å². The molecule has 1 amide bonds.